The minimum absolute atomic E-state index is 0.875. The minimum Gasteiger partial charge on any atom is -0.294 e. The van der Waals surface area contributed by atoms with Crippen LogP contribution in [-0.4, -0.2) is 24.5 Å². The van der Waals surface area contributed by atoms with Gasteiger partial charge in [-0.05, 0) is 68.6 Å². The molecule has 2 aliphatic rings. The predicted octanol–water partition coefficient (Wildman–Crippen LogP) is 5.17. The molecule has 0 aliphatic heterocycles. The molecule has 2 heteroatoms. The minimum atomic E-state index is 0.875. The summed E-state index contributed by atoms with van der Waals surface area (Å²) in [6.07, 6.45) is 8.82. The Bertz CT molecular complexity index is 335. The zero-order valence-corrected chi connectivity index (χ0v) is 14.6. The maximum Gasteiger partial charge on any atom is 0.0419 e. The Morgan fingerprint density at radius 2 is 1.05 bits per heavy atom. The molecule has 0 spiro atoms. The zero-order valence-electron chi connectivity index (χ0n) is 14.6. The molecular formula is C19H34N2. The number of rotatable bonds is 8. The van der Waals surface area contributed by atoms with Crippen molar-refractivity contribution in [2.45, 2.75) is 72.6 Å². The fourth-order valence-corrected chi connectivity index (χ4v) is 4.40. The zero-order chi connectivity index (χ0) is 15.2. The lowest BCUT2D eigenvalue weighted by Crippen LogP contribution is -2.22. The number of hydrogen-bond acceptors (Lipinski definition) is 2. The van der Waals surface area contributed by atoms with Gasteiger partial charge in [-0.25, -0.2) is 0 Å². The maximum atomic E-state index is 4.88. The van der Waals surface area contributed by atoms with Crippen molar-refractivity contribution in [2.24, 2.45) is 33.7 Å². The van der Waals surface area contributed by atoms with Crippen molar-refractivity contribution >= 4 is 11.4 Å². The van der Waals surface area contributed by atoms with Gasteiger partial charge < -0.3 is 0 Å². The average Bonchev–Trinajstić information content (AvgIpc) is 3.09. The average molecular weight is 290 g/mol. The monoisotopic (exact) mass is 290 g/mol. The molecule has 0 N–H and O–H groups in total. The fraction of sp³-hybridized carbons (Fsp3) is 0.895. The van der Waals surface area contributed by atoms with Crippen molar-refractivity contribution in [1.82, 2.24) is 0 Å². The molecule has 0 radical (unpaired) electrons. The van der Waals surface area contributed by atoms with E-state index < -0.39 is 0 Å². The van der Waals surface area contributed by atoms with Gasteiger partial charge in [0.2, 0.25) is 0 Å². The molecule has 2 nitrogen and oxygen atoms in total. The van der Waals surface area contributed by atoms with Crippen LogP contribution in [0.5, 0.6) is 0 Å². The molecule has 2 fully saturated rings. The Morgan fingerprint density at radius 1 is 0.667 bits per heavy atom. The molecule has 0 aromatic heterocycles. The Balaban J connectivity index is 1.82. The van der Waals surface area contributed by atoms with E-state index in [4.69, 9.17) is 9.98 Å². The summed E-state index contributed by atoms with van der Waals surface area (Å²) in [5.74, 6) is 3.64. The van der Waals surface area contributed by atoms with Crippen LogP contribution in [0.2, 0.25) is 0 Å². The molecule has 2 aliphatic carbocycles. The molecule has 0 amide bonds. The van der Waals surface area contributed by atoms with E-state index in [1.54, 1.807) is 0 Å². The third kappa shape index (κ3) is 4.17. The third-order valence-electron chi connectivity index (χ3n) is 5.88. The van der Waals surface area contributed by atoms with Crippen molar-refractivity contribution < 1.29 is 0 Å². The van der Waals surface area contributed by atoms with Crippen molar-refractivity contribution in [2.75, 3.05) is 13.1 Å². The molecule has 0 aromatic rings. The molecule has 0 aromatic carbocycles. The van der Waals surface area contributed by atoms with Crippen LogP contribution in [0.15, 0.2) is 9.98 Å². The van der Waals surface area contributed by atoms with Gasteiger partial charge in [0.15, 0.2) is 0 Å². The lowest BCUT2D eigenvalue weighted by molar-refractivity contribution is 0.268. The van der Waals surface area contributed by atoms with Crippen molar-refractivity contribution in [3.8, 4) is 0 Å². The Hall–Kier alpha value is -0.660. The number of hydrogen-bond donors (Lipinski definition) is 0. The Morgan fingerprint density at radius 3 is 1.33 bits per heavy atom. The molecule has 0 saturated heterocycles. The summed E-state index contributed by atoms with van der Waals surface area (Å²) in [5, 5.41) is 0. The summed E-state index contributed by atoms with van der Waals surface area (Å²) >= 11 is 0. The predicted molar refractivity (Wildman–Crippen MR) is 93.6 cm³/mol. The first-order valence-electron chi connectivity index (χ1n) is 9.25. The van der Waals surface area contributed by atoms with Crippen LogP contribution in [0, 0.1) is 23.7 Å². The first-order chi connectivity index (χ1) is 10.2. The third-order valence-corrected chi connectivity index (χ3v) is 5.88. The molecule has 120 valence electrons. The summed E-state index contributed by atoms with van der Waals surface area (Å²) in [4.78, 5) is 9.75. The maximum absolute atomic E-state index is 4.88. The van der Waals surface area contributed by atoms with E-state index in [0.717, 1.165) is 62.4 Å². The van der Waals surface area contributed by atoms with E-state index >= 15 is 0 Å². The topological polar surface area (TPSA) is 24.7 Å². The normalized spacial score (nSPS) is 30.5. The second-order valence-electron chi connectivity index (χ2n) is 6.98. The SMILES string of the molecule is CCC(CC)=NCC1CC2CC1CC2CN=C(CC)CC. The lowest BCUT2D eigenvalue weighted by Gasteiger charge is -2.26. The largest absolute Gasteiger partial charge is 0.294 e. The van der Waals surface area contributed by atoms with Crippen LogP contribution >= 0.6 is 0 Å². The molecule has 4 atom stereocenters. The van der Waals surface area contributed by atoms with Crippen LogP contribution < -0.4 is 0 Å². The summed E-state index contributed by atoms with van der Waals surface area (Å²) in [5.41, 5.74) is 2.82. The van der Waals surface area contributed by atoms with Gasteiger partial charge in [-0.15, -0.1) is 0 Å². The quantitative estimate of drug-likeness (QED) is 0.551. The number of aliphatic imine (C=N–C) groups is 2. The smallest absolute Gasteiger partial charge is 0.0419 e. The molecule has 2 saturated carbocycles. The van der Waals surface area contributed by atoms with E-state index in [9.17, 15) is 0 Å². The van der Waals surface area contributed by atoms with Gasteiger partial charge in [-0.3, -0.25) is 9.98 Å². The van der Waals surface area contributed by atoms with E-state index in [1.807, 2.05) is 0 Å². The summed E-state index contributed by atoms with van der Waals surface area (Å²) in [6, 6.07) is 0. The van der Waals surface area contributed by atoms with Crippen molar-refractivity contribution in [3.05, 3.63) is 0 Å². The highest BCUT2D eigenvalue weighted by Gasteiger charge is 2.45. The van der Waals surface area contributed by atoms with Gasteiger partial charge in [-0.1, -0.05) is 27.7 Å². The van der Waals surface area contributed by atoms with Crippen LogP contribution in [0.25, 0.3) is 0 Å². The molecule has 0 heterocycles. The van der Waals surface area contributed by atoms with Gasteiger partial charge >= 0.3 is 0 Å². The van der Waals surface area contributed by atoms with E-state index in [0.29, 0.717) is 0 Å². The first-order valence-corrected chi connectivity index (χ1v) is 9.25. The lowest BCUT2D eigenvalue weighted by atomic mass is 9.82. The summed E-state index contributed by atoms with van der Waals surface area (Å²) in [6.45, 7) is 11.1. The number of fused-ring (bicyclic) bond motifs is 2. The van der Waals surface area contributed by atoms with Gasteiger partial charge in [0.1, 0.15) is 0 Å². The van der Waals surface area contributed by atoms with Gasteiger partial charge in [0.05, 0.1) is 0 Å². The highest BCUT2D eigenvalue weighted by molar-refractivity contribution is 5.84. The fourth-order valence-electron chi connectivity index (χ4n) is 4.40. The van der Waals surface area contributed by atoms with Gasteiger partial charge in [0.25, 0.3) is 0 Å². The summed E-state index contributed by atoms with van der Waals surface area (Å²) < 4.78 is 0. The number of nitrogens with zero attached hydrogens (tertiary/aromatic N) is 2. The second kappa shape index (κ2) is 8.10. The molecule has 21 heavy (non-hydrogen) atoms. The molecule has 2 bridgehead atoms. The Labute approximate surface area is 131 Å². The molecule has 2 rings (SSSR count). The van der Waals surface area contributed by atoms with Crippen molar-refractivity contribution in [3.63, 3.8) is 0 Å². The van der Waals surface area contributed by atoms with Crippen LogP contribution in [0.1, 0.15) is 72.6 Å². The van der Waals surface area contributed by atoms with Crippen LogP contribution in [0.4, 0.5) is 0 Å². The Kier molecular flexibility index (Phi) is 6.44. The van der Waals surface area contributed by atoms with Crippen LogP contribution in [-0.2, 0) is 0 Å². The van der Waals surface area contributed by atoms with Gasteiger partial charge in [0, 0.05) is 24.5 Å². The first kappa shape index (κ1) is 16.7. The highest BCUT2D eigenvalue weighted by atomic mass is 14.8. The van der Waals surface area contributed by atoms with Gasteiger partial charge in [-0.2, -0.15) is 0 Å². The highest BCUT2D eigenvalue weighted by Crippen LogP contribution is 2.51. The van der Waals surface area contributed by atoms with E-state index in [1.165, 1.54) is 30.7 Å². The van der Waals surface area contributed by atoms with E-state index in [2.05, 4.69) is 27.7 Å². The molecule has 4 unspecified atom stereocenters. The summed E-state index contributed by atoms with van der Waals surface area (Å²) in [7, 11) is 0. The van der Waals surface area contributed by atoms with Crippen LogP contribution in [0.3, 0.4) is 0 Å². The van der Waals surface area contributed by atoms with Crippen molar-refractivity contribution in [1.29, 1.82) is 0 Å². The second-order valence-corrected chi connectivity index (χ2v) is 6.98. The standard InChI is InChI=1S/C19H34N2/c1-5-18(6-2)20-12-16-10-15-9-14(16)11-17(15)13-21-19(7-3)8-4/h14-17H,5-13H2,1-4H3. The molecular weight excluding hydrogens is 256 g/mol. The van der Waals surface area contributed by atoms with E-state index in [-0.39, 0.29) is 0 Å².